The number of nitrogens with zero attached hydrogens (tertiary/aromatic N) is 1. The summed E-state index contributed by atoms with van der Waals surface area (Å²) in [4.78, 5) is 38.7. The molecular formula is C25H34N4O4. The maximum absolute atomic E-state index is 13.1. The quantitative estimate of drug-likeness (QED) is 0.467. The molecular weight excluding hydrogens is 420 g/mol. The van der Waals surface area contributed by atoms with Crippen molar-refractivity contribution in [2.24, 2.45) is 17.6 Å². The van der Waals surface area contributed by atoms with Crippen LogP contribution in [0.3, 0.4) is 0 Å². The van der Waals surface area contributed by atoms with Crippen molar-refractivity contribution in [1.82, 2.24) is 10.2 Å². The van der Waals surface area contributed by atoms with E-state index in [0.717, 1.165) is 49.3 Å². The second kappa shape index (κ2) is 8.72. The summed E-state index contributed by atoms with van der Waals surface area (Å²) in [6, 6.07) is 5.43. The number of nitrogens with one attached hydrogen (secondary N) is 2. The minimum atomic E-state index is -0.733. The maximum Gasteiger partial charge on any atom is 0.255 e. The third-order valence-electron chi connectivity index (χ3n) is 8.12. The molecule has 2 aliphatic carbocycles. The first-order valence-corrected chi connectivity index (χ1v) is 12.3. The van der Waals surface area contributed by atoms with Crippen LogP contribution >= 0.6 is 0 Å². The molecule has 1 saturated heterocycles. The van der Waals surface area contributed by atoms with Crippen LogP contribution in [0, 0.1) is 11.8 Å². The molecule has 3 amide bonds. The number of rotatable bonds is 7. The number of hydrogen-bond donors (Lipinski definition) is 4. The second-order valence-corrected chi connectivity index (χ2v) is 10.4. The molecule has 0 bridgehead atoms. The largest absolute Gasteiger partial charge is 0.389 e. The minimum Gasteiger partial charge on any atom is -0.389 e. The molecule has 1 aromatic rings. The minimum absolute atomic E-state index is 0.146. The number of amides is 3. The molecule has 0 spiro atoms. The van der Waals surface area contributed by atoms with Gasteiger partial charge in [-0.15, -0.1) is 0 Å². The van der Waals surface area contributed by atoms with Gasteiger partial charge in [-0.25, -0.2) is 0 Å². The van der Waals surface area contributed by atoms with Gasteiger partial charge < -0.3 is 21.1 Å². The smallest absolute Gasteiger partial charge is 0.255 e. The molecule has 33 heavy (non-hydrogen) atoms. The van der Waals surface area contributed by atoms with E-state index in [0.29, 0.717) is 31.0 Å². The van der Waals surface area contributed by atoms with Crippen molar-refractivity contribution in [2.75, 3.05) is 11.9 Å². The van der Waals surface area contributed by atoms with Gasteiger partial charge in [-0.05, 0) is 62.5 Å². The highest BCUT2D eigenvalue weighted by Crippen LogP contribution is 2.42. The Morgan fingerprint density at radius 3 is 2.58 bits per heavy atom. The molecule has 2 aliphatic heterocycles. The van der Waals surface area contributed by atoms with Crippen LogP contribution in [0.1, 0.15) is 73.7 Å². The van der Waals surface area contributed by atoms with E-state index < -0.39 is 11.6 Å². The van der Waals surface area contributed by atoms with E-state index in [1.54, 1.807) is 4.90 Å². The Morgan fingerprint density at radius 2 is 1.91 bits per heavy atom. The molecule has 4 aliphatic rings. The molecule has 178 valence electrons. The van der Waals surface area contributed by atoms with E-state index in [1.807, 2.05) is 18.2 Å². The summed E-state index contributed by atoms with van der Waals surface area (Å²) in [6.45, 7) is 0.683. The Balaban J connectivity index is 1.34. The summed E-state index contributed by atoms with van der Waals surface area (Å²) < 4.78 is 0. The fraction of sp³-hybridized carbons (Fsp3) is 0.640. The van der Waals surface area contributed by atoms with Crippen molar-refractivity contribution < 1.29 is 19.5 Å². The lowest BCUT2D eigenvalue weighted by Gasteiger charge is -2.39. The summed E-state index contributed by atoms with van der Waals surface area (Å²) in [5.41, 5.74) is 7.58. The maximum atomic E-state index is 13.1. The molecule has 1 aromatic carbocycles. The van der Waals surface area contributed by atoms with Crippen molar-refractivity contribution in [2.45, 2.75) is 82.0 Å². The van der Waals surface area contributed by atoms with Crippen molar-refractivity contribution >= 4 is 23.4 Å². The van der Waals surface area contributed by atoms with Crippen molar-refractivity contribution in [1.29, 1.82) is 0 Å². The van der Waals surface area contributed by atoms with Crippen LogP contribution in [0.4, 0.5) is 5.69 Å². The van der Waals surface area contributed by atoms with E-state index in [-0.39, 0.29) is 30.2 Å². The van der Waals surface area contributed by atoms with Gasteiger partial charge in [-0.2, -0.15) is 0 Å². The number of carbonyl (C=O) groups is 3. The lowest BCUT2D eigenvalue weighted by molar-refractivity contribution is -0.136. The van der Waals surface area contributed by atoms with Gasteiger partial charge in [0.1, 0.15) is 6.04 Å². The number of hydrogen-bond acceptors (Lipinski definition) is 6. The summed E-state index contributed by atoms with van der Waals surface area (Å²) in [7, 11) is 0. The summed E-state index contributed by atoms with van der Waals surface area (Å²) in [6.07, 6.45) is 7.59. The van der Waals surface area contributed by atoms with E-state index in [1.165, 1.54) is 12.8 Å². The molecule has 8 nitrogen and oxygen atoms in total. The molecule has 0 radical (unpaired) electrons. The monoisotopic (exact) mass is 454 g/mol. The van der Waals surface area contributed by atoms with Crippen LogP contribution in [0.5, 0.6) is 0 Å². The average molecular weight is 455 g/mol. The first-order chi connectivity index (χ1) is 15.9. The van der Waals surface area contributed by atoms with Gasteiger partial charge in [0, 0.05) is 42.4 Å². The van der Waals surface area contributed by atoms with Gasteiger partial charge in [-0.1, -0.05) is 18.9 Å². The highest BCUT2D eigenvalue weighted by atomic mass is 16.3. The molecule has 0 aromatic heterocycles. The predicted molar refractivity (Wildman–Crippen MR) is 123 cm³/mol. The zero-order chi connectivity index (χ0) is 23.2. The zero-order valence-electron chi connectivity index (χ0n) is 19.0. The molecule has 5 N–H and O–H groups in total. The lowest BCUT2D eigenvalue weighted by atomic mass is 9.75. The first kappa shape index (κ1) is 22.3. The van der Waals surface area contributed by atoms with E-state index >= 15 is 0 Å². The number of benzene rings is 1. The van der Waals surface area contributed by atoms with E-state index in [2.05, 4.69) is 10.6 Å². The van der Waals surface area contributed by atoms with Crippen LogP contribution in [0.15, 0.2) is 18.2 Å². The molecule has 2 saturated carbocycles. The lowest BCUT2D eigenvalue weighted by Crippen LogP contribution is -2.52. The van der Waals surface area contributed by atoms with Crippen LogP contribution in [-0.2, 0) is 16.1 Å². The first-order valence-electron chi connectivity index (χ1n) is 12.3. The SMILES string of the molecule is NCC1(O)CCC([C@@H](CC2CC2)Nc2cccc3c2CN([C@@H]2CCC(=O)NC2=O)C3=O)CC1. The van der Waals surface area contributed by atoms with E-state index in [4.69, 9.17) is 5.73 Å². The van der Waals surface area contributed by atoms with Crippen LogP contribution in [0.2, 0.25) is 0 Å². The zero-order valence-corrected chi connectivity index (χ0v) is 19.0. The molecule has 0 unspecified atom stereocenters. The highest BCUT2D eigenvalue weighted by Gasteiger charge is 2.41. The molecule has 5 rings (SSSR count). The fourth-order valence-electron chi connectivity index (χ4n) is 5.79. The topological polar surface area (TPSA) is 125 Å². The predicted octanol–water partition coefficient (Wildman–Crippen LogP) is 1.91. The Hall–Kier alpha value is -2.45. The standard InChI is InChI=1S/C25H34N4O4/c26-14-25(33)10-8-16(9-11-25)20(12-15-4-5-15)27-19-3-1-2-17-18(19)13-29(24(17)32)21-6-7-22(30)28-23(21)31/h1-3,15-16,20-21,27,33H,4-14,26H2,(H,28,30,31)/t16?,20-,21-,25?/m1/s1. The van der Waals surface area contributed by atoms with Crippen molar-refractivity contribution in [3.05, 3.63) is 29.3 Å². The van der Waals surface area contributed by atoms with Gasteiger partial charge in [0.15, 0.2) is 0 Å². The van der Waals surface area contributed by atoms with Gasteiger partial charge in [-0.3, -0.25) is 19.7 Å². The van der Waals surface area contributed by atoms with E-state index in [9.17, 15) is 19.5 Å². The number of piperidine rings is 1. The molecule has 2 atom stereocenters. The normalized spacial score (nSPS) is 30.7. The Morgan fingerprint density at radius 1 is 1.15 bits per heavy atom. The Kier molecular flexibility index (Phi) is 5.91. The summed E-state index contributed by atoms with van der Waals surface area (Å²) >= 11 is 0. The van der Waals surface area contributed by atoms with Gasteiger partial charge in [0.2, 0.25) is 11.8 Å². The molecule has 2 heterocycles. The number of anilines is 1. The number of aliphatic hydroxyl groups is 1. The Bertz CT molecular complexity index is 952. The van der Waals surface area contributed by atoms with Gasteiger partial charge in [0.25, 0.3) is 5.91 Å². The van der Waals surface area contributed by atoms with Gasteiger partial charge >= 0.3 is 0 Å². The number of carbonyl (C=O) groups excluding carboxylic acids is 3. The Labute approximate surface area is 194 Å². The third kappa shape index (κ3) is 4.51. The van der Waals surface area contributed by atoms with Crippen molar-refractivity contribution in [3.8, 4) is 0 Å². The van der Waals surface area contributed by atoms with Crippen LogP contribution in [0.25, 0.3) is 0 Å². The third-order valence-corrected chi connectivity index (χ3v) is 8.12. The van der Waals surface area contributed by atoms with Crippen molar-refractivity contribution in [3.63, 3.8) is 0 Å². The van der Waals surface area contributed by atoms with Crippen LogP contribution in [-0.4, -0.2) is 52.0 Å². The van der Waals surface area contributed by atoms with Gasteiger partial charge in [0.05, 0.1) is 5.60 Å². The molecule has 3 fully saturated rings. The number of imide groups is 1. The fourth-order valence-corrected chi connectivity index (χ4v) is 5.79. The molecule has 8 heteroatoms. The van der Waals surface area contributed by atoms with Crippen LogP contribution < -0.4 is 16.4 Å². The second-order valence-electron chi connectivity index (χ2n) is 10.4. The average Bonchev–Trinajstić information content (AvgIpc) is 3.56. The summed E-state index contributed by atoms with van der Waals surface area (Å²) in [5.74, 6) is 0.392. The number of nitrogens with two attached hydrogens (primary N) is 1. The highest BCUT2D eigenvalue weighted by molar-refractivity contribution is 6.06. The number of fused-ring (bicyclic) bond motifs is 1. The summed E-state index contributed by atoms with van der Waals surface area (Å²) in [5, 5.41) is 16.7.